The smallest absolute Gasteiger partial charge is 0.242 e. The van der Waals surface area contributed by atoms with Gasteiger partial charge in [-0.15, -0.1) is 0 Å². The maximum atomic E-state index is 13.1. The summed E-state index contributed by atoms with van der Waals surface area (Å²) in [6.07, 6.45) is 0.571. The SMILES string of the molecule is O=C(Nc1ccc(F)c(Cl)c1)C1CC(c2cccc(Cl)c2)NN1. The third-order valence-electron chi connectivity index (χ3n) is 3.66. The first-order valence-electron chi connectivity index (χ1n) is 7.05. The van der Waals surface area contributed by atoms with Gasteiger partial charge >= 0.3 is 0 Å². The molecule has 120 valence electrons. The lowest BCUT2D eigenvalue weighted by atomic mass is 10.0. The molecule has 1 amide bonds. The maximum absolute atomic E-state index is 13.1. The third-order valence-corrected chi connectivity index (χ3v) is 4.18. The minimum Gasteiger partial charge on any atom is -0.325 e. The van der Waals surface area contributed by atoms with Crippen molar-refractivity contribution in [2.24, 2.45) is 0 Å². The summed E-state index contributed by atoms with van der Waals surface area (Å²) in [4.78, 5) is 12.3. The molecule has 4 nitrogen and oxygen atoms in total. The van der Waals surface area contributed by atoms with E-state index in [1.54, 1.807) is 6.07 Å². The van der Waals surface area contributed by atoms with Crippen molar-refractivity contribution in [2.45, 2.75) is 18.5 Å². The molecule has 0 aliphatic carbocycles. The molecule has 2 atom stereocenters. The molecule has 1 fully saturated rings. The fraction of sp³-hybridized carbons (Fsp3) is 0.188. The first-order chi connectivity index (χ1) is 11.0. The second-order valence-corrected chi connectivity index (χ2v) is 6.15. The highest BCUT2D eigenvalue weighted by Crippen LogP contribution is 2.25. The number of carbonyl (C=O) groups excluding carboxylic acids is 1. The molecule has 0 saturated carbocycles. The van der Waals surface area contributed by atoms with Crippen molar-refractivity contribution in [3.63, 3.8) is 0 Å². The summed E-state index contributed by atoms with van der Waals surface area (Å²) in [5, 5.41) is 3.34. The number of nitrogens with one attached hydrogen (secondary N) is 3. The Morgan fingerprint density at radius 2 is 2.00 bits per heavy atom. The summed E-state index contributed by atoms with van der Waals surface area (Å²) in [7, 11) is 0. The zero-order chi connectivity index (χ0) is 16.4. The lowest BCUT2D eigenvalue weighted by Crippen LogP contribution is -2.39. The number of rotatable bonds is 3. The van der Waals surface area contributed by atoms with E-state index in [-0.39, 0.29) is 17.0 Å². The number of amides is 1. The Hall–Kier alpha value is -1.66. The maximum Gasteiger partial charge on any atom is 0.242 e. The van der Waals surface area contributed by atoms with Crippen LogP contribution >= 0.6 is 23.2 Å². The topological polar surface area (TPSA) is 53.2 Å². The first-order valence-corrected chi connectivity index (χ1v) is 7.81. The van der Waals surface area contributed by atoms with Gasteiger partial charge < -0.3 is 5.32 Å². The number of hydrazine groups is 1. The van der Waals surface area contributed by atoms with Crippen molar-refractivity contribution in [2.75, 3.05) is 5.32 Å². The molecule has 2 aromatic carbocycles. The molecule has 0 aromatic heterocycles. The minimum absolute atomic E-state index is 0.0127. The van der Waals surface area contributed by atoms with Gasteiger partial charge in [-0.1, -0.05) is 35.3 Å². The van der Waals surface area contributed by atoms with Crippen LogP contribution in [0.5, 0.6) is 0 Å². The highest BCUT2D eigenvalue weighted by Gasteiger charge is 2.30. The molecular weight excluding hydrogens is 340 g/mol. The molecule has 3 N–H and O–H groups in total. The van der Waals surface area contributed by atoms with Crippen molar-refractivity contribution in [1.29, 1.82) is 0 Å². The summed E-state index contributed by atoms with van der Waals surface area (Å²) in [6.45, 7) is 0. The number of anilines is 1. The summed E-state index contributed by atoms with van der Waals surface area (Å²) < 4.78 is 13.1. The van der Waals surface area contributed by atoms with Crippen LogP contribution in [0.1, 0.15) is 18.0 Å². The van der Waals surface area contributed by atoms with Crippen molar-refractivity contribution in [3.8, 4) is 0 Å². The lowest BCUT2D eigenvalue weighted by Gasteiger charge is -2.11. The van der Waals surface area contributed by atoms with E-state index in [2.05, 4.69) is 16.2 Å². The molecule has 3 rings (SSSR count). The van der Waals surface area contributed by atoms with Gasteiger partial charge in [-0.25, -0.2) is 15.2 Å². The summed E-state index contributed by atoms with van der Waals surface area (Å²) in [5.74, 6) is -0.740. The molecule has 0 spiro atoms. The summed E-state index contributed by atoms with van der Waals surface area (Å²) in [5.41, 5.74) is 7.50. The molecule has 0 radical (unpaired) electrons. The van der Waals surface area contributed by atoms with E-state index < -0.39 is 11.9 Å². The van der Waals surface area contributed by atoms with Crippen molar-refractivity contribution < 1.29 is 9.18 Å². The Bertz CT molecular complexity index is 741. The molecule has 7 heteroatoms. The standard InChI is InChI=1S/C16H14Cl2FN3O/c17-10-3-1-2-9(6-10)14-8-15(22-21-14)16(23)20-11-4-5-13(19)12(18)7-11/h1-7,14-15,21-22H,8H2,(H,20,23). The predicted octanol–water partition coefficient (Wildman–Crippen LogP) is 3.68. The van der Waals surface area contributed by atoms with E-state index in [4.69, 9.17) is 23.2 Å². The zero-order valence-corrected chi connectivity index (χ0v) is 13.5. The van der Waals surface area contributed by atoms with Crippen molar-refractivity contribution in [1.82, 2.24) is 10.9 Å². The van der Waals surface area contributed by atoms with E-state index in [1.807, 2.05) is 18.2 Å². The fourth-order valence-corrected chi connectivity index (χ4v) is 2.85. The second kappa shape index (κ2) is 6.84. The van der Waals surface area contributed by atoms with E-state index in [0.717, 1.165) is 5.56 Å². The Morgan fingerprint density at radius 3 is 2.74 bits per heavy atom. The van der Waals surface area contributed by atoms with Gasteiger partial charge in [0.15, 0.2) is 0 Å². The van der Waals surface area contributed by atoms with Crippen molar-refractivity contribution >= 4 is 34.8 Å². The van der Waals surface area contributed by atoms with Crippen LogP contribution in [0, 0.1) is 5.82 Å². The van der Waals surface area contributed by atoms with Gasteiger partial charge in [0.05, 0.1) is 5.02 Å². The second-order valence-electron chi connectivity index (χ2n) is 5.30. The van der Waals surface area contributed by atoms with Crippen LogP contribution in [0.3, 0.4) is 0 Å². The van der Waals surface area contributed by atoms with Crippen LogP contribution in [-0.4, -0.2) is 11.9 Å². The average Bonchev–Trinajstić information content (AvgIpc) is 3.01. The van der Waals surface area contributed by atoms with Crippen LogP contribution < -0.4 is 16.2 Å². The van der Waals surface area contributed by atoms with Gasteiger partial charge in [0.25, 0.3) is 0 Å². The van der Waals surface area contributed by atoms with Crippen LogP contribution in [0.2, 0.25) is 10.0 Å². The average molecular weight is 354 g/mol. The Labute approximate surface area is 142 Å². The normalized spacial score (nSPS) is 20.5. The van der Waals surface area contributed by atoms with Crippen LogP contribution in [0.15, 0.2) is 42.5 Å². The van der Waals surface area contributed by atoms with E-state index in [0.29, 0.717) is 17.1 Å². The van der Waals surface area contributed by atoms with Gasteiger partial charge in [-0.3, -0.25) is 4.79 Å². The molecule has 23 heavy (non-hydrogen) atoms. The predicted molar refractivity (Wildman–Crippen MR) is 88.9 cm³/mol. The highest BCUT2D eigenvalue weighted by atomic mass is 35.5. The Balaban J connectivity index is 1.64. The van der Waals surface area contributed by atoms with E-state index in [1.165, 1.54) is 18.2 Å². The number of halogens is 3. The summed E-state index contributed by atoms with van der Waals surface area (Å²) >= 11 is 11.7. The van der Waals surface area contributed by atoms with Crippen LogP contribution in [0.25, 0.3) is 0 Å². The number of benzene rings is 2. The summed E-state index contributed by atoms with van der Waals surface area (Å²) in [6, 6.07) is 11.1. The molecule has 1 heterocycles. The third kappa shape index (κ3) is 3.82. The molecule has 2 unspecified atom stereocenters. The van der Waals surface area contributed by atoms with Crippen molar-refractivity contribution in [3.05, 3.63) is 63.9 Å². The van der Waals surface area contributed by atoms with Crippen LogP contribution in [-0.2, 0) is 4.79 Å². The zero-order valence-electron chi connectivity index (χ0n) is 11.9. The first kappa shape index (κ1) is 16.2. The van der Waals surface area contributed by atoms with Gasteiger partial charge in [-0.2, -0.15) is 0 Å². The van der Waals surface area contributed by atoms with E-state index in [9.17, 15) is 9.18 Å². The molecule has 1 aliphatic rings. The number of hydrogen-bond donors (Lipinski definition) is 3. The largest absolute Gasteiger partial charge is 0.325 e. The molecular formula is C16H14Cl2FN3O. The Morgan fingerprint density at radius 1 is 1.17 bits per heavy atom. The Kier molecular flexibility index (Phi) is 4.82. The lowest BCUT2D eigenvalue weighted by molar-refractivity contribution is -0.117. The number of carbonyl (C=O) groups is 1. The molecule has 2 aromatic rings. The minimum atomic E-state index is -0.522. The fourth-order valence-electron chi connectivity index (χ4n) is 2.47. The quantitative estimate of drug-likeness (QED) is 0.788. The molecule has 1 saturated heterocycles. The molecule has 0 bridgehead atoms. The molecule has 1 aliphatic heterocycles. The van der Waals surface area contributed by atoms with Gasteiger partial charge in [-0.05, 0) is 42.3 Å². The van der Waals surface area contributed by atoms with Gasteiger partial charge in [0.1, 0.15) is 11.9 Å². The van der Waals surface area contributed by atoms with E-state index >= 15 is 0 Å². The number of hydrogen-bond acceptors (Lipinski definition) is 3. The monoisotopic (exact) mass is 353 g/mol. The highest BCUT2D eigenvalue weighted by molar-refractivity contribution is 6.31. The van der Waals surface area contributed by atoms with Gasteiger partial charge in [0.2, 0.25) is 5.91 Å². The van der Waals surface area contributed by atoms with Gasteiger partial charge in [0, 0.05) is 16.8 Å². The van der Waals surface area contributed by atoms with Crippen LogP contribution in [0.4, 0.5) is 10.1 Å².